The van der Waals surface area contributed by atoms with Gasteiger partial charge in [-0.2, -0.15) is 0 Å². The molecule has 0 aromatic heterocycles. The molecule has 2 nitrogen and oxygen atoms in total. The van der Waals surface area contributed by atoms with Crippen LogP contribution in [-0.4, -0.2) is 5.11 Å². The molecule has 1 aliphatic carbocycles. The fourth-order valence-electron chi connectivity index (χ4n) is 2.24. The number of ether oxygens (including phenoxy) is 1. The van der Waals surface area contributed by atoms with Crippen LogP contribution in [0.4, 0.5) is 0 Å². The molecule has 80 valence electrons. The second kappa shape index (κ2) is 3.56. The molecule has 0 spiro atoms. The monoisotopic (exact) mass is 212 g/mol. The van der Waals surface area contributed by atoms with E-state index >= 15 is 0 Å². The number of aromatic hydroxyl groups is 1. The molecule has 1 N–H and O–H groups in total. The Kier molecular flexibility index (Phi) is 2.07. The maximum atomic E-state index is 9.27. The van der Waals surface area contributed by atoms with Crippen molar-refractivity contribution in [3.63, 3.8) is 0 Å². The Hall–Kier alpha value is -1.96. The zero-order chi connectivity index (χ0) is 11.0. The van der Waals surface area contributed by atoms with Crippen LogP contribution in [0, 0.1) is 0 Å². The van der Waals surface area contributed by atoms with E-state index in [2.05, 4.69) is 0 Å². The van der Waals surface area contributed by atoms with Crippen LogP contribution < -0.4 is 0 Å². The lowest BCUT2D eigenvalue weighted by molar-refractivity contribution is 0.393. The molecular formula is C14H12O2. The summed E-state index contributed by atoms with van der Waals surface area (Å²) in [6.45, 7) is 0. The highest BCUT2D eigenvalue weighted by Crippen LogP contribution is 2.39. The first-order valence-electron chi connectivity index (χ1n) is 5.38. The maximum absolute atomic E-state index is 9.27. The predicted molar refractivity (Wildman–Crippen MR) is 62.6 cm³/mol. The third kappa shape index (κ3) is 1.43. The van der Waals surface area contributed by atoms with Gasteiger partial charge in [-0.05, 0) is 53.3 Å². The molecule has 1 heterocycles. The van der Waals surface area contributed by atoms with Gasteiger partial charge in [-0.3, -0.25) is 0 Å². The van der Waals surface area contributed by atoms with E-state index in [1.165, 1.54) is 22.3 Å². The fourth-order valence-corrected chi connectivity index (χ4v) is 2.24. The molecule has 1 aliphatic heterocycles. The highest BCUT2D eigenvalue weighted by molar-refractivity contribution is 5.78. The normalized spacial score (nSPS) is 18.1. The summed E-state index contributed by atoms with van der Waals surface area (Å²) in [5.74, 6) is 0.311. The van der Waals surface area contributed by atoms with Gasteiger partial charge in [-0.1, -0.05) is 12.1 Å². The van der Waals surface area contributed by atoms with Crippen LogP contribution in [0.3, 0.4) is 0 Å². The Balaban J connectivity index is 2.07. The molecule has 3 rings (SSSR count). The lowest BCUT2D eigenvalue weighted by Crippen LogP contribution is -1.88. The van der Waals surface area contributed by atoms with E-state index in [0.29, 0.717) is 5.75 Å². The maximum Gasteiger partial charge on any atom is 0.115 e. The largest absolute Gasteiger partial charge is 0.508 e. The highest BCUT2D eigenvalue weighted by Gasteiger charge is 2.20. The molecule has 2 heteroatoms. The average molecular weight is 212 g/mol. The van der Waals surface area contributed by atoms with Crippen molar-refractivity contribution in [1.82, 2.24) is 0 Å². The number of hydrogen-bond donors (Lipinski definition) is 1. The van der Waals surface area contributed by atoms with Gasteiger partial charge >= 0.3 is 0 Å². The van der Waals surface area contributed by atoms with Gasteiger partial charge in [-0.15, -0.1) is 0 Å². The molecule has 0 unspecified atom stereocenters. The van der Waals surface area contributed by atoms with Crippen molar-refractivity contribution >= 4 is 5.57 Å². The van der Waals surface area contributed by atoms with E-state index in [9.17, 15) is 5.11 Å². The molecule has 0 saturated carbocycles. The summed E-state index contributed by atoms with van der Waals surface area (Å²) < 4.78 is 5.17. The predicted octanol–water partition coefficient (Wildman–Crippen LogP) is 3.37. The molecule has 0 radical (unpaired) electrons. The average Bonchev–Trinajstić information content (AvgIpc) is 2.74. The second-order valence-electron chi connectivity index (χ2n) is 4.02. The van der Waals surface area contributed by atoms with Crippen LogP contribution in [0.1, 0.15) is 18.4 Å². The summed E-state index contributed by atoms with van der Waals surface area (Å²) in [5.41, 5.74) is 5.07. The smallest absolute Gasteiger partial charge is 0.115 e. The first-order valence-corrected chi connectivity index (χ1v) is 5.38. The van der Waals surface area contributed by atoms with Gasteiger partial charge in [0.25, 0.3) is 0 Å². The van der Waals surface area contributed by atoms with Crippen LogP contribution >= 0.6 is 0 Å². The van der Waals surface area contributed by atoms with Crippen LogP contribution in [-0.2, 0) is 4.74 Å². The molecule has 0 atom stereocenters. The first kappa shape index (κ1) is 9.28. The summed E-state index contributed by atoms with van der Waals surface area (Å²) in [7, 11) is 0. The fraction of sp³-hybridized carbons (Fsp3) is 0.143. The van der Waals surface area contributed by atoms with E-state index in [0.717, 1.165) is 12.8 Å². The van der Waals surface area contributed by atoms with E-state index in [-0.39, 0.29) is 0 Å². The summed E-state index contributed by atoms with van der Waals surface area (Å²) in [5, 5.41) is 9.27. The van der Waals surface area contributed by atoms with Crippen molar-refractivity contribution in [2.45, 2.75) is 12.8 Å². The van der Waals surface area contributed by atoms with Crippen LogP contribution in [0.15, 0.2) is 54.0 Å². The molecule has 16 heavy (non-hydrogen) atoms. The van der Waals surface area contributed by atoms with Crippen molar-refractivity contribution < 1.29 is 9.84 Å². The van der Waals surface area contributed by atoms with Crippen LogP contribution in [0.5, 0.6) is 5.75 Å². The molecule has 2 aliphatic rings. The summed E-state index contributed by atoms with van der Waals surface area (Å²) in [6.07, 6.45) is 7.63. The molecular weight excluding hydrogens is 200 g/mol. The van der Waals surface area contributed by atoms with Gasteiger partial charge in [0, 0.05) is 0 Å². The number of benzene rings is 1. The zero-order valence-corrected chi connectivity index (χ0v) is 8.81. The van der Waals surface area contributed by atoms with Gasteiger partial charge in [0.15, 0.2) is 0 Å². The standard InChI is InChI=1S/C14H12O2/c15-12-4-1-10(2-5-12)13-6-3-11-9-16-8-7-14(11)13/h1-2,4-5,7-9,15H,3,6H2. The molecule has 1 aromatic carbocycles. The summed E-state index contributed by atoms with van der Waals surface area (Å²) >= 11 is 0. The van der Waals surface area contributed by atoms with Crippen molar-refractivity contribution in [1.29, 1.82) is 0 Å². The van der Waals surface area contributed by atoms with E-state index in [4.69, 9.17) is 4.74 Å². The Bertz CT molecular complexity index is 504. The molecule has 0 amide bonds. The van der Waals surface area contributed by atoms with Crippen molar-refractivity contribution in [2.24, 2.45) is 0 Å². The number of phenolic OH excluding ortho intramolecular Hbond substituents is 1. The second-order valence-corrected chi connectivity index (χ2v) is 4.02. The van der Waals surface area contributed by atoms with Crippen molar-refractivity contribution in [3.8, 4) is 5.75 Å². The third-order valence-corrected chi connectivity index (χ3v) is 3.05. The topological polar surface area (TPSA) is 29.5 Å². The molecule has 0 fully saturated rings. The zero-order valence-electron chi connectivity index (χ0n) is 8.81. The number of fused-ring (bicyclic) bond motifs is 1. The van der Waals surface area contributed by atoms with Gasteiger partial charge in [0.1, 0.15) is 5.75 Å². The SMILES string of the molecule is Oc1ccc(C2=C3C=COC=C3CC2)cc1. The van der Waals surface area contributed by atoms with Crippen molar-refractivity contribution in [2.75, 3.05) is 0 Å². The van der Waals surface area contributed by atoms with Gasteiger partial charge in [0.2, 0.25) is 0 Å². The number of hydrogen-bond acceptors (Lipinski definition) is 2. The third-order valence-electron chi connectivity index (χ3n) is 3.05. The Morgan fingerprint density at radius 2 is 1.88 bits per heavy atom. The lowest BCUT2D eigenvalue weighted by Gasteiger charge is -2.08. The Labute approximate surface area is 94.2 Å². The minimum absolute atomic E-state index is 0.311. The van der Waals surface area contributed by atoms with Crippen molar-refractivity contribution in [3.05, 3.63) is 59.6 Å². The first-order chi connectivity index (χ1) is 7.84. The quantitative estimate of drug-likeness (QED) is 0.773. The van der Waals surface area contributed by atoms with Gasteiger partial charge < -0.3 is 9.84 Å². The van der Waals surface area contributed by atoms with Crippen LogP contribution in [0.2, 0.25) is 0 Å². The molecule has 0 bridgehead atoms. The minimum Gasteiger partial charge on any atom is -0.508 e. The minimum atomic E-state index is 0.311. The summed E-state index contributed by atoms with van der Waals surface area (Å²) in [6, 6.07) is 7.38. The van der Waals surface area contributed by atoms with Crippen LogP contribution in [0.25, 0.3) is 5.57 Å². The Morgan fingerprint density at radius 3 is 2.69 bits per heavy atom. The lowest BCUT2D eigenvalue weighted by atomic mass is 10.0. The van der Waals surface area contributed by atoms with E-state index in [1.54, 1.807) is 18.4 Å². The van der Waals surface area contributed by atoms with E-state index in [1.807, 2.05) is 24.5 Å². The number of phenols is 1. The number of allylic oxidation sites excluding steroid dienone is 4. The van der Waals surface area contributed by atoms with Gasteiger partial charge in [-0.25, -0.2) is 0 Å². The molecule has 1 aromatic rings. The van der Waals surface area contributed by atoms with Gasteiger partial charge in [0.05, 0.1) is 12.5 Å². The Morgan fingerprint density at radius 1 is 1.06 bits per heavy atom. The highest BCUT2D eigenvalue weighted by atomic mass is 16.5. The molecule has 0 saturated heterocycles. The summed E-state index contributed by atoms with van der Waals surface area (Å²) in [4.78, 5) is 0. The number of rotatable bonds is 1. The van der Waals surface area contributed by atoms with E-state index < -0.39 is 0 Å².